The summed E-state index contributed by atoms with van der Waals surface area (Å²) < 4.78 is 5.25. The highest BCUT2D eigenvalue weighted by molar-refractivity contribution is 6.31. The smallest absolute Gasteiger partial charge is 0.411 e. The third-order valence-electron chi connectivity index (χ3n) is 5.47. The van der Waals surface area contributed by atoms with E-state index < -0.39 is 35.8 Å². The van der Waals surface area contributed by atoms with E-state index in [0.717, 1.165) is 16.5 Å². The van der Waals surface area contributed by atoms with Crippen molar-refractivity contribution < 1.29 is 28.7 Å². The Hall–Kier alpha value is -4.18. The summed E-state index contributed by atoms with van der Waals surface area (Å²) >= 11 is 6.06. The highest BCUT2D eigenvalue weighted by atomic mass is 35.5. The summed E-state index contributed by atoms with van der Waals surface area (Å²) in [6.07, 6.45) is 0.563. The number of amides is 5. The molecular formula is C24H21ClN4O6. The van der Waals surface area contributed by atoms with Crippen LogP contribution in [-0.4, -0.2) is 40.7 Å². The minimum absolute atomic E-state index is 0.00763. The number of hydrogen-bond donors (Lipinski definition) is 3. The Morgan fingerprint density at radius 3 is 2.69 bits per heavy atom. The Morgan fingerprint density at radius 2 is 1.94 bits per heavy atom. The molecular weight excluding hydrogens is 476 g/mol. The molecule has 2 aliphatic rings. The summed E-state index contributed by atoms with van der Waals surface area (Å²) in [4.78, 5) is 61.6. The molecule has 1 atom stereocenters. The summed E-state index contributed by atoms with van der Waals surface area (Å²) in [5.41, 5.74) is 2.48. The van der Waals surface area contributed by atoms with Gasteiger partial charge in [-0.2, -0.15) is 0 Å². The molecule has 11 heteroatoms. The summed E-state index contributed by atoms with van der Waals surface area (Å²) in [5.74, 6) is -2.42. The zero-order valence-electron chi connectivity index (χ0n) is 18.6. The number of carbonyl (C=O) groups excluding carboxylic acids is 5. The molecule has 2 aromatic rings. The normalized spacial score (nSPS) is 17.7. The van der Waals surface area contributed by atoms with E-state index in [0.29, 0.717) is 22.0 Å². The van der Waals surface area contributed by atoms with Gasteiger partial charge in [-0.05, 0) is 48.7 Å². The van der Waals surface area contributed by atoms with Crippen LogP contribution in [0.1, 0.15) is 24.0 Å². The van der Waals surface area contributed by atoms with Crippen LogP contribution in [0.3, 0.4) is 0 Å². The minimum Gasteiger partial charge on any atom is -0.444 e. The van der Waals surface area contributed by atoms with Crippen LogP contribution >= 0.6 is 11.6 Å². The molecule has 2 aliphatic heterocycles. The van der Waals surface area contributed by atoms with Crippen molar-refractivity contribution in [1.29, 1.82) is 0 Å². The molecule has 1 saturated heterocycles. The fourth-order valence-electron chi connectivity index (χ4n) is 3.67. The van der Waals surface area contributed by atoms with Gasteiger partial charge in [0.15, 0.2) is 0 Å². The van der Waals surface area contributed by atoms with Crippen LogP contribution in [0.2, 0.25) is 5.02 Å². The van der Waals surface area contributed by atoms with Crippen molar-refractivity contribution in [2.75, 3.05) is 10.6 Å². The van der Waals surface area contributed by atoms with Gasteiger partial charge < -0.3 is 10.1 Å². The molecule has 0 radical (unpaired) electrons. The lowest BCUT2D eigenvalue weighted by Crippen LogP contribution is -2.54. The van der Waals surface area contributed by atoms with Crippen molar-refractivity contribution >= 4 is 52.7 Å². The number of aryl methyl sites for hydroxylation is 1. The molecule has 1 fully saturated rings. The Morgan fingerprint density at radius 1 is 1.14 bits per heavy atom. The van der Waals surface area contributed by atoms with Gasteiger partial charge in [0.1, 0.15) is 18.3 Å². The molecule has 0 aromatic heterocycles. The number of rotatable bonds is 6. The van der Waals surface area contributed by atoms with E-state index in [4.69, 9.17) is 16.3 Å². The van der Waals surface area contributed by atoms with E-state index in [-0.39, 0.29) is 25.1 Å². The second-order valence-electron chi connectivity index (χ2n) is 8.03. The van der Waals surface area contributed by atoms with Crippen LogP contribution in [0.5, 0.6) is 0 Å². The van der Waals surface area contributed by atoms with Crippen molar-refractivity contribution in [3.63, 3.8) is 0 Å². The van der Waals surface area contributed by atoms with E-state index in [1.54, 1.807) is 42.5 Å². The quantitative estimate of drug-likeness (QED) is 0.523. The SMILES string of the molecule is Cc1ccc(NC(=O)OCc2cccc(NC3=CC(=O)N(C4CCC(=O)NC4=O)C3=O)c2)cc1Cl. The number of halogens is 1. The first kappa shape index (κ1) is 24.0. The molecule has 10 nitrogen and oxygen atoms in total. The molecule has 0 bridgehead atoms. The highest BCUT2D eigenvalue weighted by Gasteiger charge is 2.42. The van der Waals surface area contributed by atoms with Crippen molar-refractivity contribution in [3.8, 4) is 0 Å². The fourth-order valence-corrected chi connectivity index (χ4v) is 3.85. The third kappa shape index (κ3) is 5.49. The number of nitrogens with zero attached hydrogens (tertiary/aromatic N) is 1. The largest absolute Gasteiger partial charge is 0.444 e. The Bertz CT molecular complexity index is 1270. The molecule has 0 aliphatic carbocycles. The summed E-state index contributed by atoms with van der Waals surface area (Å²) in [5, 5.41) is 8.13. The van der Waals surface area contributed by atoms with Gasteiger partial charge in [-0.1, -0.05) is 29.8 Å². The lowest BCUT2D eigenvalue weighted by atomic mass is 10.0. The monoisotopic (exact) mass is 496 g/mol. The van der Waals surface area contributed by atoms with E-state index >= 15 is 0 Å². The predicted octanol–water partition coefficient (Wildman–Crippen LogP) is 2.87. The van der Waals surface area contributed by atoms with Gasteiger partial charge in [0.05, 0.1) is 0 Å². The minimum atomic E-state index is -1.04. The lowest BCUT2D eigenvalue weighted by molar-refractivity contribution is -0.149. The topological polar surface area (TPSA) is 134 Å². The molecule has 2 aromatic carbocycles. The second kappa shape index (κ2) is 9.98. The van der Waals surface area contributed by atoms with E-state index in [2.05, 4.69) is 16.0 Å². The molecule has 4 rings (SSSR count). The maximum absolute atomic E-state index is 12.8. The summed E-state index contributed by atoms with van der Waals surface area (Å²) in [7, 11) is 0. The number of imide groups is 2. The second-order valence-corrected chi connectivity index (χ2v) is 8.44. The van der Waals surface area contributed by atoms with Crippen molar-refractivity contribution in [3.05, 3.63) is 70.4 Å². The number of hydrogen-bond acceptors (Lipinski definition) is 7. The molecule has 3 N–H and O–H groups in total. The number of benzene rings is 2. The number of ether oxygens (including phenoxy) is 1. The summed E-state index contributed by atoms with van der Waals surface area (Å²) in [6.45, 7) is 1.80. The Balaban J connectivity index is 1.35. The average Bonchev–Trinajstić information content (AvgIpc) is 3.08. The van der Waals surface area contributed by atoms with Gasteiger partial charge in [-0.3, -0.25) is 34.7 Å². The number of carbonyl (C=O) groups is 5. The van der Waals surface area contributed by atoms with Crippen molar-refractivity contribution in [2.24, 2.45) is 0 Å². The molecule has 35 heavy (non-hydrogen) atoms. The molecule has 1 unspecified atom stereocenters. The van der Waals surface area contributed by atoms with Gasteiger partial charge >= 0.3 is 6.09 Å². The fraction of sp³-hybridized carbons (Fsp3) is 0.208. The van der Waals surface area contributed by atoms with Gasteiger partial charge in [0, 0.05) is 28.9 Å². The van der Waals surface area contributed by atoms with Gasteiger partial charge in [0.25, 0.3) is 11.8 Å². The first-order valence-electron chi connectivity index (χ1n) is 10.7. The molecule has 0 saturated carbocycles. The van der Waals surface area contributed by atoms with Gasteiger partial charge in [-0.25, -0.2) is 4.79 Å². The third-order valence-corrected chi connectivity index (χ3v) is 5.88. The molecule has 2 heterocycles. The van der Waals surface area contributed by atoms with Gasteiger partial charge in [0.2, 0.25) is 11.8 Å². The first-order valence-corrected chi connectivity index (χ1v) is 11.1. The number of anilines is 2. The molecule has 5 amide bonds. The maximum Gasteiger partial charge on any atom is 0.411 e. The number of piperidine rings is 1. The van der Waals surface area contributed by atoms with Crippen LogP contribution in [0.25, 0.3) is 0 Å². The van der Waals surface area contributed by atoms with Gasteiger partial charge in [-0.15, -0.1) is 0 Å². The van der Waals surface area contributed by atoms with Crippen LogP contribution in [0.4, 0.5) is 16.2 Å². The lowest BCUT2D eigenvalue weighted by Gasteiger charge is -2.28. The summed E-state index contributed by atoms with van der Waals surface area (Å²) in [6, 6.07) is 10.8. The number of nitrogens with one attached hydrogen (secondary N) is 3. The first-order chi connectivity index (χ1) is 16.7. The van der Waals surface area contributed by atoms with Crippen LogP contribution in [0, 0.1) is 6.92 Å². The molecule has 180 valence electrons. The molecule has 0 spiro atoms. The van der Waals surface area contributed by atoms with Crippen LogP contribution in [0.15, 0.2) is 54.2 Å². The van der Waals surface area contributed by atoms with E-state index in [1.807, 2.05) is 6.92 Å². The zero-order valence-corrected chi connectivity index (χ0v) is 19.3. The van der Waals surface area contributed by atoms with Crippen LogP contribution < -0.4 is 16.0 Å². The zero-order chi connectivity index (χ0) is 25.1. The predicted molar refractivity (Wildman–Crippen MR) is 126 cm³/mol. The maximum atomic E-state index is 12.8. The van der Waals surface area contributed by atoms with Crippen LogP contribution in [-0.2, 0) is 30.5 Å². The highest BCUT2D eigenvalue weighted by Crippen LogP contribution is 2.24. The standard InChI is InChI=1S/C24H21ClN4O6/c1-13-5-6-16(10-17(13)25)27-24(34)35-12-14-3-2-4-15(9-14)26-18-11-21(31)29(23(18)33)19-7-8-20(30)28-22(19)32/h2-6,9-11,19,26H,7-8,12H2,1H3,(H,27,34)(H,28,30,32). The van der Waals surface area contributed by atoms with Crippen molar-refractivity contribution in [1.82, 2.24) is 10.2 Å². The Labute approximate surface area is 205 Å². The Kier molecular flexibility index (Phi) is 6.83. The van der Waals surface area contributed by atoms with E-state index in [9.17, 15) is 24.0 Å². The van der Waals surface area contributed by atoms with E-state index in [1.165, 1.54) is 0 Å². The average molecular weight is 497 g/mol. The van der Waals surface area contributed by atoms with Crippen molar-refractivity contribution in [2.45, 2.75) is 32.4 Å².